The van der Waals surface area contributed by atoms with Gasteiger partial charge in [0.2, 0.25) is 5.88 Å². The van der Waals surface area contributed by atoms with E-state index in [0.717, 1.165) is 37.8 Å². The summed E-state index contributed by atoms with van der Waals surface area (Å²) in [6, 6.07) is 3.63. The van der Waals surface area contributed by atoms with Gasteiger partial charge in [0.25, 0.3) is 11.9 Å². The van der Waals surface area contributed by atoms with E-state index in [1.165, 1.54) is 6.07 Å². The highest BCUT2D eigenvalue weighted by molar-refractivity contribution is 6.32. The number of fused-ring (bicyclic) bond motifs is 2. The molecule has 2 aromatic heterocycles. The lowest BCUT2D eigenvalue weighted by atomic mass is 10.1. The smallest absolute Gasteiger partial charge is 0.296 e. The maximum absolute atomic E-state index is 14.8. The Morgan fingerprint density at radius 3 is 2.64 bits per heavy atom. The van der Waals surface area contributed by atoms with E-state index in [1.54, 1.807) is 0 Å². The fraction of sp³-hybridized carbons (Fsp3) is 0.500. The van der Waals surface area contributed by atoms with Crippen molar-refractivity contribution in [1.82, 2.24) is 20.3 Å². The molecule has 0 bridgehead atoms. The molecule has 208 valence electrons. The van der Waals surface area contributed by atoms with Gasteiger partial charge in [0.05, 0.1) is 24.3 Å². The number of amides is 1. The Morgan fingerprint density at radius 1 is 1.13 bits per heavy atom. The summed E-state index contributed by atoms with van der Waals surface area (Å²) in [7, 11) is 0. The molecular weight excluding hydrogens is 538 g/mol. The normalized spacial score (nSPS) is 24.8. The molecule has 0 radical (unpaired) electrons. The van der Waals surface area contributed by atoms with Crippen molar-refractivity contribution < 1.29 is 37.6 Å². The van der Waals surface area contributed by atoms with Crippen LogP contribution in [0.4, 0.5) is 8.78 Å². The van der Waals surface area contributed by atoms with Crippen LogP contribution in [0.2, 0.25) is 5.02 Å². The lowest BCUT2D eigenvalue weighted by Crippen LogP contribution is -2.34. The number of aromatic amines is 1. The molecule has 1 aromatic carbocycles. The summed E-state index contributed by atoms with van der Waals surface area (Å²) in [5, 5.41) is 12.7. The molecule has 0 spiro atoms. The molecule has 1 aliphatic carbocycles. The van der Waals surface area contributed by atoms with Gasteiger partial charge in [-0.25, -0.2) is 8.78 Å². The predicted octanol–water partition coefficient (Wildman–Crippen LogP) is 3.29. The summed E-state index contributed by atoms with van der Waals surface area (Å²) in [5.41, 5.74) is 0.212. The Bertz CT molecular complexity index is 1360. The summed E-state index contributed by atoms with van der Waals surface area (Å²) >= 11 is 6.29. The van der Waals surface area contributed by atoms with E-state index in [4.69, 9.17) is 30.5 Å². The fourth-order valence-corrected chi connectivity index (χ4v) is 5.50. The van der Waals surface area contributed by atoms with E-state index in [2.05, 4.69) is 20.3 Å². The van der Waals surface area contributed by atoms with Crippen molar-refractivity contribution in [2.45, 2.75) is 56.7 Å². The van der Waals surface area contributed by atoms with Crippen LogP contribution in [0.5, 0.6) is 11.9 Å². The average Bonchev–Trinajstić information content (AvgIpc) is 3.70. The van der Waals surface area contributed by atoms with Crippen LogP contribution >= 0.6 is 11.6 Å². The number of aromatic nitrogens is 3. The molecule has 3 aliphatic rings. The van der Waals surface area contributed by atoms with Gasteiger partial charge in [0.15, 0.2) is 11.8 Å². The summed E-state index contributed by atoms with van der Waals surface area (Å²) < 4.78 is 52.0. The quantitative estimate of drug-likeness (QED) is 0.380. The molecule has 2 saturated heterocycles. The molecule has 10 nitrogen and oxygen atoms in total. The minimum absolute atomic E-state index is 0.0779. The van der Waals surface area contributed by atoms with Crippen molar-refractivity contribution >= 4 is 28.7 Å². The largest absolute Gasteiger partial charge is 0.471 e. The van der Waals surface area contributed by atoms with Crippen LogP contribution in [0.3, 0.4) is 0 Å². The first-order valence-electron chi connectivity index (χ1n) is 12.9. The van der Waals surface area contributed by atoms with Crippen LogP contribution < -0.4 is 14.8 Å². The van der Waals surface area contributed by atoms with E-state index in [1.807, 2.05) is 0 Å². The average molecular weight is 565 g/mol. The van der Waals surface area contributed by atoms with E-state index >= 15 is 0 Å². The van der Waals surface area contributed by atoms with Crippen molar-refractivity contribution in [1.29, 1.82) is 0 Å². The monoisotopic (exact) mass is 564 g/mol. The number of benzene rings is 1. The third-order valence-electron chi connectivity index (χ3n) is 7.40. The van der Waals surface area contributed by atoms with Crippen LogP contribution in [0, 0.1) is 17.6 Å². The molecule has 1 amide bonds. The predicted molar refractivity (Wildman–Crippen MR) is 134 cm³/mol. The number of hydrogen-bond donors (Lipinski definition) is 3. The van der Waals surface area contributed by atoms with Crippen LogP contribution in [-0.2, 0) is 16.1 Å². The first kappa shape index (κ1) is 26.2. The number of hydrogen-bond acceptors (Lipinski definition) is 8. The SMILES string of the molecule is O=C(NCC1CCCC1)c1cc(F)c(COc2nc3nc(O[C@@H]4COC5C4OC[C@H]5O)[nH]c3cc2Cl)c(F)c1. The molecule has 6 rings (SSSR count). The van der Waals surface area contributed by atoms with Gasteiger partial charge in [0.1, 0.15) is 41.6 Å². The molecule has 3 aromatic rings. The zero-order valence-electron chi connectivity index (χ0n) is 20.8. The van der Waals surface area contributed by atoms with Gasteiger partial charge in [-0.3, -0.25) is 4.79 Å². The number of imidazole rings is 1. The Morgan fingerprint density at radius 2 is 1.87 bits per heavy atom. The van der Waals surface area contributed by atoms with Crippen LogP contribution in [0.1, 0.15) is 41.6 Å². The molecule has 4 heterocycles. The lowest BCUT2D eigenvalue weighted by Gasteiger charge is -2.15. The molecular formula is C26H27ClF2N4O6. The van der Waals surface area contributed by atoms with Gasteiger partial charge in [0, 0.05) is 12.1 Å². The first-order chi connectivity index (χ1) is 18.9. The third kappa shape index (κ3) is 5.38. The molecule has 2 unspecified atom stereocenters. The second-order valence-electron chi connectivity index (χ2n) is 10.1. The second-order valence-corrected chi connectivity index (χ2v) is 10.5. The van der Waals surface area contributed by atoms with Gasteiger partial charge in [-0.05, 0) is 37.0 Å². The molecule has 1 saturated carbocycles. The number of nitrogens with one attached hydrogen (secondary N) is 2. The fourth-order valence-electron chi connectivity index (χ4n) is 5.29. The van der Waals surface area contributed by atoms with Gasteiger partial charge in [-0.1, -0.05) is 24.4 Å². The number of nitrogens with zero attached hydrogens (tertiary/aromatic N) is 2. The molecule has 3 fully saturated rings. The number of halogens is 3. The number of carbonyl (C=O) groups is 1. The zero-order valence-corrected chi connectivity index (χ0v) is 21.5. The van der Waals surface area contributed by atoms with E-state index < -0.39 is 48.6 Å². The summed E-state index contributed by atoms with van der Waals surface area (Å²) in [5.74, 6) is -2.02. The number of H-pyrrole nitrogens is 1. The molecule has 2 aliphatic heterocycles. The Labute approximate surface area is 227 Å². The second kappa shape index (κ2) is 10.8. The number of carbonyl (C=O) groups excluding carboxylic acids is 1. The minimum Gasteiger partial charge on any atom is -0.471 e. The molecule has 3 N–H and O–H groups in total. The maximum atomic E-state index is 14.8. The van der Waals surface area contributed by atoms with Crippen molar-refractivity contribution in [3.8, 4) is 11.9 Å². The highest BCUT2D eigenvalue weighted by atomic mass is 35.5. The van der Waals surface area contributed by atoms with Gasteiger partial charge < -0.3 is 34.4 Å². The summed E-state index contributed by atoms with van der Waals surface area (Å²) in [6.45, 7) is 0.385. The highest BCUT2D eigenvalue weighted by Crippen LogP contribution is 2.32. The minimum atomic E-state index is -0.912. The van der Waals surface area contributed by atoms with Gasteiger partial charge in [-0.15, -0.1) is 0 Å². The topological polar surface area (TPSA) is 128 Å². The van der Waals surface area contributed by atoms with Crippen molar-refractivity contribution in [3.05, 3.63) is 46.0 Å². The van der Waals surface area contributed by atoms with E-state index in [0.29, 0.717) is 18.0 Å². The highest BCUT2D eigenvalue weighted by Gasteiger charge is 2.48. The zero-order chi connectivity index (χ0) is 27.1. The number of rotatable bonds is 8. The van der Waals surface area contributed by atoms with Crippen molar-refractivity contribution in [2.24, 2.45) is 5.92 Å². The van der Waals surface area contributed by atoms with E-state index in [-0.39, 0.29) is 46.9 Å². The number of pyridine rings is 1. The lowest BCUT2D eigenvalue weighted by molar-refractivity contribution is 0.00706. The third-order valence-corrected chi connectivity index (χ3v) is 7.67. The number of aliphatic hydroxyl groups excluding tert-OH is 1. The van der Waals surface area contributed by atoms with Crippen LogP contribution in [-0.4, -0.2) is 70.1 Å². The van der Waals surface area contributed by atoms with Crippen molar-refractivity contribution in [2.75, 3.05) is 19.8 Å². The summed E-state index contributed by atoms with van der Waals surface area (Å²) in [6.07, 6.45) is 2.32. The maximum Gasteiger partial charge on any atom is 0.296 e. The molecule has 39 heavy (non-hydrogen) atoms. The Balaban J connectivity index is 1.11. The Kier molecular flexibility index (Phi) is 7.27. The van der Waals surface area contributed by atoms with Crippen LogP contribution in [0.25, 0.3) is 11.2 Å². The van der Waals surface area contributed by atoms with E-state index in [9.17, 15) is 18.7 Å². The standard InChI is InChI=1S/C26H27ClF2N4O6/c27-15-7-18-23(33-26(31-18)39-20-11-37-21-19(34)10-36-22(20)21)32-25(15)38-9-14-16(28)5-13(6-17(14)29)24(35)30-8-12-3-1-2-4-12/h5-7,12,19-22,34H,1-4,8-11H2,(H,30,35)(H,31,32,33)/t19-,20-,21?,22?/m1/s1. The van der Waals surface area contributed by atoms with Crippen molar-refractivity contribution in [3.63, 3.8) is 0 Å². The van der Waals surface area contributed by atoms with Crippen LogP contribution in [0.15, 0.2) is 18.2 Å². The summed E-state index contributed by atoms with van der Waals surface area (Å²) in [4.78, 5) is 23.9. The first-order valence-corrected chi connectivity index (χ1v) is 13.3. The van der Waals surface area contributed by atoms with Gasteiger partial charge in [-0.2, -0.15) is 9.97 Å². The Hall–Kier alpha value is -3.06. The number of ether oxygens (including phenoxy) is 4. The molecule has 4 atom stereocenters. The number of aliphatic hydroxyl groups is 1. The van der Waals surface area contributed by atoms with Gasteiger partial charge >= 0.3 is 0 Å². The molecule has 13 heteroatoms.